The fraction of sp³-hybridized carbons (Fsp3) is 0.200. The Morgan fingerprint density at radius 1 is 1.00 bits per heavy atom. The number of rotatable bonds is 5. The van der Waals surface area contributed by atoms with E-state index >= 15 is 0 Å². The lowest BCUT2D eigenvalue weighted by Gasteiger charge is -2.03. The van der Waals surface area contributed by atoms with Crippen molar-refractivity contribution in [2.24, 2.45) is 0 Å². The van der Waals surface area contributed by atoms with Gasteiger partial charge in [0.1, 0.15) is 0 Å². The van der Waals surface area contributed by atoms with Crippen LogP contribution in [0.25, 0.3) is 5.70 Å². The molecule has 2 nitrogen and oxygen atoms in total. The second-order valence-electron chi connectivity index (χ2n) is 4.05. The average Bonchev–Trinajstić information content (AvgIpc) is 2.47. The minimum absolute atomic E-state index is 0.791. The van der Waals surface area contributed by atoms with Gasteiger partial charge in [-0.2, -0.15) is 9.13 Å². The topological polar surface area (TPSA) is 7.76 Å². The maximum absolute atomic E-state index is 4.22. The van der Waals surface area contributed by atoms with E-state index in [4.69, 9.17) is 0 Å². The Kier molecular flexibility index (Phi) is 5.05. The van der Waals surface area contributed by atoms with Crippen molar-refractivity contribution in [3.63, 3.8) is 0 Å². The Hall–Kier alpha value is -1.26. The van der Waals surface area contributed by atoms with E-state index in [0.29, 0.717) is 0 Å². The van der Waals surface area contributed by atoms with E-state index in [1.807, 2.05) is 6.07 Å². The molecule has 2 heterocycles. The van der Waals surface area contributed by atoms with Crippen molar-refractivity contribution in [3.05, 3.63) is 55.4 Å². The molecule has 2 aromatic rings. The highest BCUT2D eigenvalue weighted by Crippen LogP contribution is 2.11. The molecule has 0 spiro atoms. The first kappa shape index (κ1) is 14.2. The molecule has 0 radical (unpaired) electrons. The van der Waals surface area contributed by atoms with Gasteiger partial charge in [-0.1, -0.05) is 23.5 Å². The number of hydrogen-bond donors (Lipinski definition) is 0. The first-order valence-corrected chi connectivity index (χ1v) is 8.46. The molecule has 0 aliphatic carbocycles. The van der Waals surface area contributed by atoms with Crippen molar-refractivity contribution < 1.29 is 9.13 Å². The highest BCUT2D eigenvalue weighted by atomic mass is 32.2. The molecule has 0 amide bonds. The monoisotopic (exact) mass is 290 g/mol. The number of thioether (sulfide) groups is 2. The Balaban J connectivity index is 2.26. The summed E-state index contributed by atoms with van der Waals surface area (Å²) < 4.78 is 4.37. The first-order valence-electron chi connectivity index (χ1n) is 6.01. The molecule has 19 heavy (non-hydrogen) atoms. The van der Waals surface area contributed by atoms with Crippen LogP contribution in [-0.4, -0.2) is 12.5 Å². The highest BCUT2D eigenvalue weighted by molar-refractivity contribution is 7.98. The van der Waals surface area contributed by atoms with Gasteiger partial charge in [-0.15, -0.1) is 0 Å². The third-order valence-electron chi connectivity index (χ3n) is 2.83. The van der Waals surface area contributed by atoms with Crippen LogP contribution in [0.4, 0.5) is 0 Å². The Morgan fingerprint density at radius 2 is 1.63 bits per heavy atom. The minimum Gasteiger partial charge on any atom is -0.182 e. The molecule has 0 atom stereocenters. The molecule has 0 saturated heterocycles. The average molecular weight is 290 g/mol. The van der Waals surface area contributed by atoms with Gasteiger partial charge in [0.25, 0.3) is 0 Å². The number of hydrogen-bond acceptors (Lipinski definition) is 2. The summed E-state index contributed by atoms with van der Waals surface area (Å²) in [7, 11) is 0. The first-order chi connectivity index (χ1) is 9.26. The third kappa shape index (κ3) is 3.39. The molecule has 2 rings (SSSR count). The maximum atomic E-state index is 4.22. The van der Waals surface area contributed by atoms with Crippen LogP contribution in [0.15, 0.2) is 65.4 Å². The van der Waals surface area contributed by atoms with Crippen LogP contribution in [0, 0.1) is 0 Å². The Bertz CT molecular complexity index is 582. The summed E-state index contributed by atoms with van der Waals surface area (Å²) in [6.45, 7) is 5.01. The Morgan fingerprint density at radius 3 is 2.32 bits per heavy atom. The summed E-state index contributed by atoms with van der Waals surface area (Å²) in [5, 5.41) is 2.45. The molecule has 4 heteroatoms. The summed E-state index contributed by atoms with van der Waals surface area (Å²) in [5.74, 6) is 0. The second kappa shape index (κ2) is 6.78. The van der Waals surface area contributed by atoms with Crippen LogP contribution in [0.2, 0.25) is 0 Å². The largest absolute Gasteiger partial charge is 0.246 e. The minimum atomic E-state index is 0.791. The van der Waals surface area contributed by atoms with E-state index in [9.17, 15) is 0 Å². The summed E-state index contributed by atoms with van der Waals surface area (Å²) >= 11 is 3.48. The number of pyridine rings is 2. The molecule has 0 bridgehead atoms. The normalized spacial score (nSPS) is 10.4. The number of aromatic nitrogens is 2. The van der Waals surface area contributed by atoms with Gasteiger partial charge in [0.05, 0.1) is 0 Å². The lowest BCUT2D eigenvalue weighted by atomic mass is 10.4. The molecule has 98 valence electrons. The lowest BCUT2D eigenvalue weighted by Crippen LogP contribution is -2.44. The van der Waals surface area contributed by atoms with Gasteiger partial charge >= 0.3 is 0 Å². The molecule has 0 N–H and O–H groups in total. The zero-order chi connectivity index (χ0) is 13.7. The maximum Gasteiger partial charge on any atom is 0.246 e. The van der Waals surface area contributed by atoms with Gasteiger partial charge in [-0.25, -0.2) is 0 Å². The molecule has 2 aromatic heterocycles. The molecule has 0 aliphatic rings. The van der Waals surface area contributed by atoms with E-state index < -0.39 is 0 Å². The number of nitrogens with zero attached hydrogens (tertiary/aromatic N) is 2. The standard InChI is InChI=1S/C15H18N2S2/c1-13(17-11-7-5-9-15(17)19-3)12-16-10-6-4-8-14(16)18-2/h4-11H,1,12H2,2-3H3/q+2. The van der Waals surface area contributed by atoms with Gasteiger partial charge in [-0.05, 0) is 31.2 Å². The molecule has 0 unspecified atom stereocenters. The van der Waals surface area contributed by atoms with E-state index in [2.05, 4.69) is 71.0 Å². The van der Waals surface area contributed by atoms with Gasteiger partial charge in [-0.3, -0.25) is 0 Å². The zero-order valence-corrected chi connectivity index (χ0v) is 12.9. The fourth-order valence-electron chi connectivity index (χ4n) is 1.90. The van der Waals surface area contributed by atoms with Crippen LogP contribution in [0.3, 0.4) is 0 Å². The van der Waals surface area contributed by atoms with Crippen LogP contribution < -0.4 is 9.13 Å². The van der Waals surface area contributed by atoms with Gasteiger partial charge < -0.3 is 0 Å². The molecular weight excluding hydrogens is 272 g/mol. The van der Waals surface area contributed by atoms with E-state index in [1.54, 1.807) is 23.5 Å². The van der Waals surface area contributed by atoms with Crippen molar-refractivity contribution in [2.45, 2.75) is 16.6 Å². The van der Waals surface area contributed by atoms with Crippen molar-refractivity contribution >= 4 is 29.2 Å². The Labute approximate surface area is 123 Å². The van der Waals surface area contributed by atoms with E-state index in [0.717, 1.165) is 12.2 Å². The SMILES string of the molecule is C=C(C[n+]1ccccc1SC)[n+]1ccccc1SC. The fourth-order valence-corrected chi connectivity index (χ4v) is 3.08. The van der Waals surface area contributed by atoms with Crippen LogP contribution in [-0.2, 0) is 6.54 Å². The van der Waals surface area contributed by atoms with Crippen LogP contribution in [0.1, 0.15) is 0 Å². The predicted molar refractivity (Wildman–Crippen MR) is 82.2 cm³/mol. The molecule has 0 aliphatic heterocycles. The smallest absolute Gasteiger partial charge is 0.182 e. The highest BCUT2D eigenvalue weighted by Gasteiger charge is 2.19. The zero-order valence-electron chi connectivity index (χ0n) is 11.2. The van der Waals surface area contributed by atoms with Crippen molar-refractivity contribution in [1.29, 1.82) is 0 Å². The summed E-state index contributed by atoms with van der Waals surface area (Å²) in [6.07, 6.45) is 8.34. The quantitative estimate of drug-likeness (QED) is 0.618. The van der Waals surface area contributed by atoms with Crippen LogP contribution >= 0.6 is 23.5 Å². The summed E-state index contributed by atoms with van der Waals surface area (Å²) in [6, 6.07) is 12.4. The predicted octanol–water partition coefficient (Wildman–Crippen LogP) is 2.88. The van der Waals surface area contributed by atoms with E-state index in [1.165, 1.54) is 10.1 Å². The van der Waals surface area contributed by atoms with Gasteiger partial charge in [0, 0.05) is 24.3 Å². The molecular formula is C15H18N2S2+2. The molecule has 0 aromatic carbocycles. The molecule has 0 fully saturated rings. The van der Waals surface area contributed by atoms with Gasteiger partial charge in [0.15, 0.2) is 12.4 Å². The van der Waals surface area contributed by atoms with Crippen molar-refractivity contribution in [3.8, 4) is 0 Å². The van der Waals surface area contributed by atoms with Crippen molar-refractivity contribution in [2.75, 3.05) is 12.5 Å². The summed E-state index contributed by atoms with van der Waals surface area (Å²) in [4.78, 5) is 0. The third-order valence-corrected chi connectivity index (χ3v) is 4.37. The second-order valence-corrected chi connectivity index (χ2v) is 5.70. The summed E-state index contributed by atoms with van der Waals surface area (Å²) in [5.41, 5.74) is 1.07. The lowest BCUT2D eigenvalue weighted by molar-refractivity contribution is -0.744. The van der Waals surface area contributed by atoms with Crippen molar-refractivity contribution in [1.82, 2.24) is 0 Å². The molecule has 0 saturated carbocycles. The van der Waals surface area contributed by atoms with E-state index in [-0.39, 0.29) is 0 Å². The number of allylic oxidation sites excluding steroid dienone is 1. The van der Waals surface area contributed by atoms with Crippen LogP contribution in [0.5, 0.6) is 0 Å². The van der Waals surface area contributed by atoms with Gasteiger partial charge in [0.2, 0.25) is 22.3 Å².